The molecule has 14 heavy (non-hydrogen) atoms. The third-order valence-corrected chi connectivity index (χ3v) is 3.98. The van der Waals surface area contributed by atoms with Crippen LogP contribution in [0.5, 0.6) is 0 Å². The average Bonchev–Trinajstić information content (AvgIpc) is 3.08. The molecule has 0 aromatic carbocycles. The lowest BCUT2D eigenvalue weighted by molar-refractivity contribution is 0.456. The van der Waals surface area contributed by atoms with Crippen molar-refractivity contribution in [3.8, 4) is 0 Å². The van der Waals surface area contributed by atoms with E-state index in [1.165, 1.54) is 31.5 Å². The van der Waals surface area contributed by atoms with Gasteiger partial charge in [-0.2, -0.15) is 0 Å². The highest BCUT2D eigenvalue weighted by molar-refractivity contribution is 5.33. The van der Waals surface area contributed by atoms with Crippen LogP contribution < -0.4 is 5.73 Å². The predicted molar refractivity (Wildman–Crippen MR) is 55.0 cm³/mol. The molecule has 0 radical (unpaired) electrons. The van der Waals surface area contributed by atoms with Gasteiger partial charge in [0.25, 0.3) is 0 Å². The fourth-order valence-electron chi connectivity index (χ4n) is 2.67. The highest BCUT2D eigenvalue weighted by Gasteiger charge is 2.66. The molecule has 1 aromatic heterocycles. The molecule has 0 aliphatic heterocycles. The summed E-state index contributed by atoms with van der Waals surface area (Å²) in [6.45, 7) is 3.17. The molecule has 0 bridgehead atoms. The maximum absolute atomic E-state index is 6.35. The second kappa shape index (κ2) is 2.40. The van der Waals surface area contributed by atoms with E-state index in [2.05, 4.69) is 22.7 Å². The van der Waals surface area contributed by atoms with Gasteiger partial charge in [0, 0.05) is 29.9 Å². The van der Waals surface area contributed by atoms with Crippen LogP contribution in [0.2, 0.25) is 0 Å². The Morgan fingerprint density at radius 1 is 1.43 bits per heavy atom. The molecule has 0 spiro atoms. The quantitative estimate of drug-likeness (QED) is 0.785. The topological polar surface area (TPSA) is 43.8 Å². The summed E-state index contributed by atoms with van der Waals surface area (Å²) in [6.07, 6.45) is 8.82. The van der Waals surface area contributed by atoms with Crippen molar-refractivity contribution in [2.24, 2.45) is 5.73 Å². The second-order valence-electron chi connectivity index (χ2n) is 4.78. The number of aryl methyl sites for hydroxylation is 1. The molecule has 76 valence electrons. The van der Waals surface area contributed by atoms with Gasteiger partial charge in [-0.3, -0.25) is 0 Å². The van der Waals surface area contributed by atoms with Crippen LogP contribution in [0.4, 0.5) is 0 Å². The van der Waals surface area contributed by atoms with Crippen LogP contribution in [0.25, 0.3) is 0 Å². The molecule has 3 rings (SSSR count). The van der Waals surface area contributed by atoms with Gasteiger partial charge >= 0.3 is 0 Å². The third kappa shape index (κ3) is 0.883. The first-order valence-electron chi connectivity index (χ1n) is 5.52. The zero-order valence-corrected chi connectivity index (χ0v) is 8.66. The Hall–Kier alpha value is -0.830. The predicted octanol–water partition coefficient (Wildman–Crippen LogP) is 1.43. The molecule has 2 fully saturated rings. The van der Waals surface area contributed by atoms with Gasteiger partial charge in [0.2, 0.25) is 0 Å². The number of rotatable bonds is 3. The van der Waals surface area contributed by atoms with Gasteiger partial charge in [0.15, 0.2) is 0 Å². The molecule has 2 N–H and O–H groups in total. The number of hydrogen-bond donors (Lipinski definition) is 1. The Bertz CT molecular complexity index is 358. The minimum Gasteiger partial charge on any atom is -0.335 e. The highest BCUT2D eigenvalue weighted by Crippen LogP contribution is 2.63. The van der Waals surface area contributed by atoms with Gasteiger partial charge in [-0.1, -0.05) is 0 Å². The van der Waals surface area contributed by atoms with E-state index in [0.29, 0.717) is 0 Å². The van der Waals surface area contributed by atoms with Gasteiger partial charge in [0.05, 0.1) is 0 Å². The van der Waals surface area contributed by atoms with Crippen molar-refractivity contribution in [3.05, 3.63) is 18.2 Å². The lowest BCUT2D eigenvalue weighted by Gasteiger charge is -2.22. The van der Waals surface area contributed by atoms with E-state index in [-0.39, 0.29) is 11.0 Å². The Balaban J connectivity index is 2.02. The second-order valence-corrected chi connectivity index (χ2v) is 4.78. The monoisotopic (exact) mass is 191 g/mol. The normalized spacial score (nSPS) is 26.1. The van der Waals surface area contributed by atoms with Crippen LogP contribution >= 0.6 is 0 Å². The first-order chi connectivity index (χ1) is 6.72. The maximum atomic E-state index is 6.35. The molecule has 1 aromatic rings. The standard InChI is InChI=1S/C11H17N3/c1-2-14-8-7-13-9(14)10(3-4-10)11(12)5-6-11/h7-8H,2-6,12H2,1H3. The smallest absolute Gasteiger partial charge is 0.116 e. The molecular formula is C11H17N3. The maximum Gasteiger partial charge on any atom is 0.116 e. The van der Waals surface area contributed by atoms with E-state index in [1.54, 1.807) is 0 Å². The largest absolute Gasteiger partial charge is 0.335 e. The summed E-state index contributed by atoms with van der Waals surface area (Å²) >= 11 is 0. The zero-order valence-electron chi connectivity index (χ0n) is 8.66. The van der Waals surface area contributed by atoms with Crippen molar-refractivity contribution in [2.45, 2.75) is 50.1 Å². The summed E-state index contributed by atoms with van der Waals surface area (Å²) in [5.74, 6) is 1.24. The van der Waals surface area contributed by atoms with Gasteiger partial charge in [-0.25, -0.2) is 4.98 Å². The molecule has 0 unspecified atom stereocenters. The molecule has 3 heteroatoms. The van der Waals surface area contributed by atoms with E-state index in [1.807, 2.05) is 6.20 Å². The Morgan fingerprint density at radius 3 is 2.64 bits per heavy atom. The first kappa shape index (κ1) is 8.48. The number of aromatic nitrogens is 2. The van der Waals surface area contributed by atoms with Crippen molar-refractivity contribution in [1.29, 1.82) is 0 Å². The number of nitrogens with two attached hydrogens (primary N) is 1. The number of nitrogens with zero attached hydrogens (tertiary/aromatic N) is 2. The number of imidazole rings is 1. The van der Waals surface area contributed by atoms with Crippen molar-refractivity contribution in [1.82, 2.24) is 9.55 Å². The van der Waals surface area contributed by atoms with E-state index in [9.17, 15) is 0 Å². The Kier molecular flexibility index (Phi) is 1.45. The van der Waals surface area contributed by atoms with Crippen molar-refractivity contribution >= 4 is 0 Å². The minimum atomic E-state index is 0.0886. The van der Waals surface area contributed by atoms with Gasteiger partial charge < -0.3 is 10.3 Å². The van der Waals surface area contributed by atoms with E-state index >= 15 is 0 Å². The summed E-state index contributed by atoms with van der Waals surface area (Å²) in [7, 11) is 0. The molecule has 2 aliphatic carbocycles. The van der Waals surface area contributed by atoms with Crippen molar-refractivity contribution < 1.29 is 0 Å². The first-order valence-corrected chi connectivity index (χ1v) is 5.52. The summed E-state index contributed by atoms with van der Waals surface area (Å²) in [5.41, 5.74) is 6.68. The molecule has 2 saturated carbocycles. The van der Waals surface area contributed by atoms with Crippen molar-refractivity contribution in [2.75, 3.05) is 0 Å². The lowest BCUT2D eigenvalue weighted by atomic mass is 9.93. The van der Waals surface area contributed by atoms with Crippen LogP contribution in [0.15, 0.2) is 12.4 Å². The van der Waals surface area contributed by atoms with Gasteiger partial charge in [-0.05, 0) is 32.6 Å². The number of hydrogen-bond acceptors (Lipinski definition) is 2. The fraction of sp³-hybridized carbons (Fsp3) is 0.727. The van der Waals surface area contributed by atoms with E-state index < -0.39 is 0 Å². The van der Waals surface area contributed by atoms with Gasteiger partial charge in [-0.15, -0.1) is 0 Å². The van der Waals surface area contributed by atoms with E-state index in [4.69, 9.17) is 5.73 Å². The molecule has 0 saturated heterocycles. The molecule has 0 atom stereocenters. The lowest BCUT2D eigenvalue weighted by Crippen LogP contribution is -2.39. The van der Waals surface area contributed by atoms with Crippen LogP contribution in [0, 0.1) is 0 Å². The Morgan fingerprint density at radius 2 is 2.14 bits per heavy atom. The van der Waals surface area contributed by atoms with Crippen LogP contribution in [-0.2, 0) is 12.0 Å². The SMILES string of the molecule is CCn1ccnc1C1(C2(N)CC2)CC1. The molecular weight excluding hydrogens is 174 g/mol. The van der Waals surface area contributed by atoms with Gasteiger partial charge in [0.1, 0.15) is 5.82 Å². The molecule has 2 aliphatic rings. The minimum absolute atomic E-state index is 0.0886. The Labute approximate surface area is 84.3 Å². The third-order valence-electron chi connectivity index (χ3n) is 3.98. The van der Waals surface area contributed by atoms with Crippen LogP contribution in [0.1, 0.15) is 38.4 Å². The summed E-state index contributed by atoms with van der Waals surface area (Å²) in [4.78, 5) is 4.51. The molecule has 3 nitrogen and oxygen atoms in total. The fourth-order valence-corrected chi connectivity index (χ4v) is 2.67. The molecule has 0 amide bonds. The summed E-state index contributed by atoms with van der Waals surface area (Å²) in [5, 5.41) is 0. The zero-order chi connectivity index (χ0) is 9.81. The van der Waals surface area contributed by atoms with Crippen molar-refractivity contribution in [3.63, 3.8) is 0 Å². The summed E-state index contributed by atoms with van der Waals surface area (Å²) < 4.78 is 2.25. The van der Waals surface area contributed by atoms with Crippen LogP contribution in [-0.4, -0.2) is 15.1 Å². The van der Waals surface area contributed by atoms with E-state index in [0.717, 1.165) is 6.54 Å². The summed E-state index contributed by atoms with van der Waals surface area (Å²) in [6, 6.07) is 0. The average molecular weight is 191 g/mol. The van der Waals surface area contributed by atoms with Crippen LogP contribution in [0.3, 0.4) is 0 Å². The highest BCUT2D eigenvalue weighted by atomic mass is 15.1. The molecule has 1 heterocycles.